The summed E-state index contributed by atoms with van der Waals surface area (Å²) in [5.74, 6) is -0.839. The van der Waals surface area contributed by atoms with Crippen LogP contribution in [0.25, 0.3) is 5.69 Å². The number of aromatic amines is 1. The molecule has 1 heterocycles. The highest BCUT2D eigenvalue weighted by molar-refractivity contribution is 7.71. The zero-order valence-corrected chi connectivity index (χ0v) is 10.6. The highest BCUT2D eigenvalue weighted by Crippen LogP contribution is 2.32. The highest BCUT2D eigenvalue weighted by Gasteiger charge is 2.34. The molecule has 0 saturated carbocycles. The van der Waals surface area contributed by atoms with Gasteiger partial charge in [-0.2, -0.15) is 18.3 Å². The van der Waals surface area contributed by atoms with Crippen LogP contribution in [-0.4, -0.2) is 14.8 Å². The van der Waals surface area contributed by atoms with Crippen LogP contribution >= 0.6 is 12.2 Å². The van der Waals surface area contributed by atoms with Crippen LogP contribution < -0.4 is 0 Å². The van der Waals surface area contributed by atoms with E-state index < -0.39 is 17.6 Å². The van der Waals surface area contributed by atoms with Gasteiger partial charge in [0.2, 0.25) is 0 Å². The van der Waals surface area contributed by atoms with E-state index >= 15 is 0 Å². The average molecular weight is 291 g/mol. The summed E-state index contributed by atoms with van der Waals surface area (Å²) in [6.45, 7) is 1.79. The number of halogens is 4. The summed E-state index contributed by atoms with van der Waals surface area (Å²) < 4.78 is 52.7. The molecule has 2 rings (SSSR count). The minimum absolute atomic E-state index is 0.129. The van der Waals surface area contributed by atoms with Crippen molar-refractivity contribution in [1.29, 1.82) is 0 Å². The van der Waals surface area contributed by atoms with E-state index in [9.17, 15) is 17.6 Å². The fourth-order valence-electron chi connectivity index (χ4n) is 1.70. The molecule has 0 radical (unpaired) electrons. The number of aromatic nitrogens is 3. The predicted octanol–water partition coefficient (Wildman–Crippen LogP) is 3.65. The van der Waals surface area contributed by atoms with Crippen LogP contribution in [0, 0.1) is 10.6 Å². The lowest BCUT2D eigenvalue weighted by molar-refractivity contribution is -0.140. The third kappa shape index (κ3) is 2.53. The van der Waals surface area contributed by atoms with Crippen molar-refractivity contribution in [2.45, 2.75) is 19.5 Å². The first-order valence-electron chi connectivity index (χ1n) is 5.38. The van der Waals surface area contributed by atoms with Gasteiger partial charge >= 0.3 is 6.18 Å². The molecule has 0 spiro atoms. The minimum atomic E-state index is -4.75. The van der Waals surface area contributed by atoms with Crippen LogP contribution in [-0.2, 0) is 12.6 Å². The molecule has 0 aliphatic carbocycles. The average Bonchev–Trinajstić information content (AvgIpc) is 2.70. The quantitative estimate of drug-likeness (QED) is 0.677. The van der Waals surface area contributed by atoms with Crippen LogP contribution in [0.5, 0.6) is 0 Å². The molecule has 0 aliphatic rings. The molecule has 0 aliphatic heterocycles. The Morgan fingerprint density at radius 2 is 2.05 bits per heavy atom. The highest BCUT2D eigenvalue weighted by atomic mass is 32.1. The van der Waals surface area contributed by atoms with Gasteiger partial charge in [-0.15, -0.1) is 0 Å². The molecule has 0 amide bonds. The molecule has 0 saturated heterocycles. The van der Waals surface area contributed by atoms with Gasteiger partial charge in [-0.1, -0.05) is 6.92 Å². The standard InChI is InChI=1S/C11H9F4N3S/c1-2-9-16-17-10(19)18(9)6-3-4-8(12)7(5-6)11(13,14)15/h3-5H,2H2,1H3,(H,17,19). The molecule has 1 N–H and O–H groups in total. The summed E-state index contributed by atoms with van der Waals surface area (Å²) in [6.07, 6.45) is -4.27. The van der Waals surface area contributed by atoms with Crippen molar-refractivity contribution < 1.29 is 17.6 Å². The van der Waals surface area contributed by atoms with E-state index in [2.05, 4.69) is 10.2 Å². The fourth-order valence-corrected chi connectivity index (χ4v) is 1.96. The van der Waals surface area contributed by atoms with Crippen molar-refractivity contribution in [1.82, 2.24) is 14.8 Å². The van der Waals surface area contributed by atoms with Crippen LogP contribution in [0.2, 0.25) is 0 Å². The summed E-state index contributed by atoms with van der Waals surface area (Å²) in [4.78, 5) is 0. The molecule has 2 aromatic rings. The zero-order chi connectivity index (χ0) is 14.2. The van der Waals surface area contributed by atoms with Gasteiger partial charge < -0.3 is 0 Å². The summed E-state index contributed by atoms with van der Waals surface area (Å²) in [5.41, 5.74) is -1.19. The largest absolute Gasteiger partial charge is 0.419 e. The van der Waals surface area contributed by atoms with Gasteiger partial charge in [0.1, 0.15) is 11.6 Å². The fraction of sp³-hybridized carbons (Fsp3) is 0.273. The normalized spacial score (nSPS) is 11.8. The number of hydrogen-bond acceptors (Lipinski definition) is 2. The van der Waals surface area contributed by atoms with Crippen molar-refractivity contribution in [2.24, 2.45) is 0 Å². The topological polar surface area (TPSA) is 33.6 Å². The van der Waals surface area contributed by atoms with E-state index in [0.29, 0.717) is 12.2 Å². The van der Waals surface area contributed by atoms with Crippen LogP contribution in [0.1, 0.15) is 18.3 Å². The molecule has 8 heteroatoms. The number of nitrogens with zero attached hydrogens (tertiary/aromatic N) is 2. The van der Waals surface area contributed by atoms with Crippen molar-refractivity contribution in [3.63, 3.8) is 0 Å². The van der Waals surface area contributed by atoms with E-state index in [0.717, 1.165) is 12.1 Å². The Hall–Kier alpha value is -1.70. The molecule has 0 fully saturated rings. The summed E-state index contributed by atoms with van der Waals surface area (Å²) >= 11 is 4.96. The lowest BCUT2D eigenvalue weighted by Gasteiger charge is -2.11. The van der Waals surface area contributed by atoms with Gasteiger partial charge in [-0.25, -0.2) is 4.39 Å². The molecule has 1 aromatic carbocycles. The van der Waals surface area contributed by atoms with Crippen molar-refractivity contribution in [3.05, 3.63) is 40.2 Å². The molecule has 3 nitrogen and oxygen atoms in total. The monoisotopic (exact) mass is 291 g/mol. The van der Waals surface area contributed by atoms with Gasteiger partial charge in [0.05, 0.1) is 11.3 Å². The number of alkyl halides is 3. The van der Waals surface area contributed by atoms with Gasteiger partial charge in [-0.05, 0) is 30.4 Å². The number of H-pyrrole nitrogens is 1. The van der Waals surface area contributed by atoms with Crippen molar-refractivity contribution >= 4 is 12.2 Å². The van der Waals surface area contributed by atoms with Gasteiger partial charge in [-0.3, -0.25) is 9.67 Å². The lowest BCUT2D eigenvalue weighted by atomic mass is 10.1. The van der Waals surface area contributed by atoms with Gasteiger partial charge in [0.15, 0.2) is 4.77 Å². The minimum Gasteiger partial charge on any atom is -0.272 e. The van der Waals surface area contributed by atoms with Gasteiger partial charge in [0, 0.05) is 6.42 Å². The van der Waals surface area contributed by atoms with Crippen LogP contribution in [0.4, 0.5) is 17.6 Å². The number of aryl methyl sites for hydroxylation is 1. The Morgan fingerprint density at radius 3 is 2.63 bits per heavy atom. The molecule has 19 heavy (non-hydrogen) atoms. The number of nitrogens with one attached hydrogen (secondary N) is 1. The molecule has 0 unspecified atom stereocenters. The number of hydrogen-bond donors (Lipinski definition) is 1. The Bertz CT molecular complexity index is 657. The molecular weight excluding hydrogens is 282 g/mol. The van der Waals surface area contributed by atoms with Gasteiger partial charge in [0.25, 0.3) is 0 Å². The lowest BCUT2D eigenvalue weighted by Crippen LogP contribution is -2.10. The van der Waals surface area contributed by atoms with E-state index in [4.69, 9.17) is 12.2 Å². The maximum atomic E-state index is 13.2. The Morgan fingerprint density at radius 1 is 1.37 bits per heavy atom. The van der Waals surface area contributed by atoms with Crippen molar-refractivity contribution in [3.8, 4) is 5.69 Å². The zero-order valence-electron chi connectivity index (χ0n) is 9.75. The SMILES string of the molecule is CCc1n[nH]c(=S)n1-c1ccc(F)c(C(F)(F)F)c1. The summed E-state index contributed by atoms with van der Waals surface area (Å²) in [5, 5.41) is 6.40. The number of rotatable bonds is 2. The second-order valence-corrected chi connectivity index (χ2v) is 4.18. The Balaban J connectivity index is 2.65. The second-order valence-electron chi connectivity index (χ2n) is 3.80. The third-order valence-corrected chi connectivity index (χ3v) is 2.85. The van der Waals surface area contributed by atoms with Crippen LogP contribution in [0.3, 0.4) is 0 Å². The Kier molecular flexibility index (Phi) is 3.44. The second kappa shape index (κ2) is 4.76. The molecule has 0 bridgehead atoms. The maximum Gasteiger partial charge on any atom is 0.419 e. The molecular formula is C11H9F4N3S. The van der Waals surface area contributed by atoms with E-state index in [1.807, 2.05) is 0 Å². The van der Waals surface area contributed by atoms with E-state index in [-0.39, 0.29) is 10.5 Å². The molecule has 0 atom stereocenters. The predicted molar refractivity (Wildman–Crippen MR) is 63.1 cm³/mol. The first kappa shape index (κ1) is 13.7. The Labute approximate surface area is 110 Å². The summed E-state index contributed by atoms with van der Waals surface area (Å²) in [6, 6.07) is 2.72. The maximum absolute atomic E-state index is 13.2. The number of benzene rings is 1. The van der Waals surface area contributed by atoms with E-state index in [1.165, 1.54) is 10.6 Å². The van der Waals surface area contributed by atoms with E-state index in [1.54, 1.807) is 6.92 Å². The van der Waals surface area contributed by atoms with Crippen LogP contribution in [0.15, 0.2) is 18.2 Å². The third-order valence-electron chi connectivity index (χ3n) is 2.57. The molecule has 102 valence electrons. The first-order valence-corrected chi connectivity index (χ1v) is 5.79. The smallest absolute Gasteiger partial charge is 0.272 e. The van der Waals surface area contributed by atoms with Crippen molar-refractivity contribution in [2.75, 3.05) is 0 Å². The first-order chi connectivity index (χ1) is 8.84. The molecule has 1 aromatic heterocycles. The summed E-state index contributed by atoms with van der Waals surface area (Å²) in [7, 11) is 0.